The maximum absolute atomic E-state index is 6.43. The maximum atomic E-state index is 6.43. The molecule has 4 rings (SSSR count). The number of pyridine rings is 1. The molecule has 158 valence electrons. The highest BCUT2D eigenvalue weighted by molar-refractivity contribution is 5.96. The van der Waals surface area contributed by atoms with Crippen LogP contribution in [-0.4, -0.2) is 4.98 Å². The number of benzene rings is 1. The number of aryl methyl sites for hydroxylation is 2. The summed E-state index contributed by atoms with van der Waals surface area (Å²) in [6, 6.07) is 6.69. The Bertz CT molecular complexity index is 1090. The van der Waals surface area contributed by atoms with Crippen molar-refractivity contribution >= 4 is 17.0 Å². The number of aromatic nitrogens is 1. The molecule has 0 atom stereocenters. The van der Waals surface area contributed by atoms with Crippen molar-refractivity contribution in [3.8, 4) is 11.3 Å². The lowest BCUT2D eigenvalue weighted by molar-refractivity contribution is 0.562. The van der Waals surface area contributed by atoms with Crippen molar-refractivity contribution < 1.29 is 4.42 Å². The van der Waals surface area contributed by atoms with Crippen LogP contribution in [0.25, 0.3) is 28.3 Å². The molecule has 2 aromatic heterocycles. The van der Waals surface area contributed by atoms with Gasteiger partial charge in [0.1, 0.15) is 11.3 Å². The van der Waals surface area contributed by atoms with Gasteiger partial charge in [-0.3, -0.25) is 4.98 Å². The largest absolute Gasteiger partial charge is 0.460 e. The maximum Gasteiger partial charge on any atom is 0.143 e. The molecular formula is C28H35NO. The normalized spacial score (nSPS) is 15.6. The van der Waals surface area contributed by atoms with E-state index >= 15 is 0 Å². The standard InChI is InChI=1S/C28H35NO/c1-17(2)13-18(3)14-23-11-12-29-27(20(23)5)25-16-19(4)15-24-26(21(6)30-28(24)25)22-9-7-8-10-22/h11-12,14-17,22H,7-10,13H2,1-6H3/b18-14+. The highest BCUT2D eigenvalue weighted by Gasteiger charge is 2.26. The summed E-state index contributed by atoms with van der Waals surface area (Å²) in [5, 5.41) is 1.30. The van der Waals surface area contributed by atoms with Crippen LogP contribution in [0.2, 0.25) is 0 Å². The van der Waals surface area contributed by atoms with Gasteiger partial charge in [0.2, 0.25) is 0 Å². The number of nitrogens with zero attached hydrogens (tertiary/aromatic N) is 1. The number of rotatable bonds is 5. The fourth-order valence-corrected chi connectivity index (χ4v) is 5.33. The Morgan fingerprint density at radius 3 is 2.60 bits per heavy atom. The molecule has 30 heavy (non-hydrogen) atoms. The fraction of sp³-hybridized carbons (Fsp3) is 0.464. The molecule has 0 spiro atoms. The molecule has 2 nitrogen and oxygen atoms in total. The van der Waals surface area contributed by atoms with Crippen molar-refractivity contribution in [2.75, 3.05) is 0 Å². The molecule has 1 aliphatic carbocycles. The minimum Gasteiger partial charge on any atom is -0.460 e. The Kier molecular flexibility index (Phi) is 5.86. The van der Waals surface area contributed by atoms with Gasteiger partial charge in [-0.2, -0.15) is 0 Å². The number of allylic oxidation sites excluding steroid dienone is 1. The number of hydrogen-bond donors (Lipinski definition) is 0. The minimum absolute atomic E-state index is 0.642. The zero-order valence-electron chi connectivity index (χ0n) is 19.4. The summed E-state index contributed by atoms with van der Waals surface area (Å²) in [6.45, 7) is 13.3. The lowest BCUT2D eigenvalue weighted by atomic mass is 9.92. The van der Waals surface area contributed by atoms with Gasteiger partial charge in [0.15, 0.2) is 0 Å². The molecule has 3 aromatic rings. The molecule has 1 saturated carbocycles. The predicted molar refractivity (Wildman–Crippen MR) is 128 cm³/mol. The van der Waals surface area contributed by atoms with E-state index in [9.17, 15) is 0 Å². The Morgan fingerprint density at radius 1 is 1.17 bits per heavy atom. The van der Waals surface area contributed by atoms with E-state index in [1.54, 1.807) is 0 Å². The van der Waals surface area contributed by atoms with Gasteiger partial charge >= 0.3 is 0 Å². The molecule has 0 radical (unpaired) electrons. The Labute approximate surface area is 181 Å². The number of furan rings is 1. The van der Waals surface area contributed by atoms with Gasteiger partial charge in [0.25, 0.3) is 0 Å². The van der Waals surface area contributed by atoms with Crippen molar-refractivity contribution in [2.24, 2.45) is 5.92 Å². The van der Waals surface area contributed by atoms with Gasteiger partial charge in [0, 0.05) is 22.7 Å². The minimum atomic E-state index is 0.642. The average molecular weight is 402 g/mol. The van der Waals surface area contributed by atoms with E-state index in [1.165, 1.54) is 58.9 Å². The molecule has 0 saturated heterocycles. The van der Waals surface area contributed by atoms with Gasteiger partial charge in [-0.25, -0.2) is 0 Å². The van der Waals surface area contributed by atoms with Gasteiger partial charge in [0.05, 0.1) is 5.69 Å². The van der Waals surface area contributed by atoms with Crippen LogP contribution in [0, 0.1) is 26.7 Å². The summed E-state index contributed by atoms with van der Waals surface area (Å²) in [6.07, 6.45) is 10.6. The Morgan fingerprint density at radius 2 is 1.90 bits per heavy atom. The topological polar surface area (TPSA) is 26.0 Å². The summed E-state index contributed by atoms with van der Waals surface area (Å²) in [5.41, 5.74) is 9.79. The van der Waals surface area contributed by atoms with E-state index < -0.39 is 0 Å². The molecular weight excluding hydrogens is 366 g/mol. The Hall–Kier alpha value is -2.35. The lowest BCUT2D eigenvalue weighted by Gasteiger charge is -2.12. The molecule has 1 aliphatic rings. The van der Waals surface area contributed by atoms with E-state index in [-0.39, 0.29) is 0 Å². The average Bonchev–Trinajstić information content (AvgIpc) is 3.29. The third-order valence-electron chi connectivity index (χ3n) is 6.55. The van der Waals surface area contributed by atoms with Crippen LogP contribution in [-0.2, 0) is 0 Å². The molecule has 0 amide bonds. The third kappa shape index (κ3) is 3.97. The van der Waals surface area contributed by atoms with Gasteiger partial charge in [-0.05, 0) is 93.7 Å². The molecule has 0 aliphatic heterocycles. The van der Waals surface area contributed by atoms with E-state index in [0.717, 1.165) is 29.0 Å². The predicted octanol–water partition coefficient (Wildman–Crippen LogP) is 8.53. The highest BCUT2D eigenvalue weighted by Crippen LogP contribution is 2.44. The summed E-state index contributed by atoms with van der Waals surface area (Å²) >= 11 is 0. The quantitative estimate of drug-likeness (QED) is 0.428. The van der Waals surface area contributed by atoms with Crippen molar-refractivity contribution in [3.63, 3.8) is 0 Å². The molecule has 2 heterocycles. The smallest absolute Gasteiger partial charge is 0.143 e. The van der Waals surface area contributed by atoms with E-state index in [4.69, 9.17) is 9.40 Å². The first-order valence-electron chi connectivity index (χ1n) is 11.5. The zero-order valence-corrected chi connectivity index (χ0v) is 19.4. The second-order valence-corrected chi connectivity index (χ2v) is 9.70. The summed E-state index contributed by atoms with van der Waals surface area (Å²) < 4.78 is 6.43. The second kappa shape index (κ2) is 8.41. The van der Waals surface area contributed by atoms with Gasteiger partial charge in [-0.15, -0.1) is 0 Å². The molecule has 0 bridgehead atoms. The zero-order chi connectivity index (χ0) is 21.4. The third-order valence-corrected chi connectivity index (χ3v) is 6.55. The molecule has 0 N–H and O–H groups in total. The first-order chi connectivity index (χ1) is 14.3. The summed E-state index contributed by atoms with van der Waals surface area (Å²) in [5.74, 6) is 2.40. The second-order valence-electron chi connectivity index (χ2n) is 9.70. The van der Waals surface area contributed by atoms with Crippen LogP contribution >= 0.6 is 0 Å². The fourth-order valence-electron chi connectivity index (χ4n) is 5.33. The first-order valence-corrected chi connectivity index (χ1v) is 11.5. The van der Waals surface area contributed by atoms with Crippen molar-refractivity contribution in [1.29, 1.82) is 0 Å². The van der Waals surface area contributed by atoms with Gasteiger partial charge < -0.3 is 4.42 Å². The van der Waals surface area contributed by atoms with Crippen LogP contribution < -0.4 is 0 Å². The molecule has 2 heteroatoms. The van der Waals surface area contributed by atoms with Crippen LogP contribution in [0.1, 0.15) is 86.8 Å². The molecule has 1 aromatic carbocycles. The van der Waals surface area contributed by atoms with Crippen molar-refractivity contribution in [2.45, 2.75) is 79.6 Å². The van der Waals surface area contributed by atoms with Crippen molar-refractivity contribution in [1.82, 2.24) is 4.98 Å². The molecule has 0 unspecified atom stereocenters. The summed E-state index contributed by atoms with van der Waals surface area (Å²) in [4.78, 5) is 4.82. The van der Waals surface area contributed by atoms with Crippen LogP contribution in [0.4, 0.5) is 0 Å². The van der Waals surface area contributed by atoms with E-state index in [2.05, 4.69) is 65.8 Å². The molecule has 1 fully saturated rings. The monoisotopic (exact) mass is 401 g/mol. The summed E-state index contributed by atoms with van der Waals surface area (Å²) in [7, 11) is 0. The SMILES string of the molecule is C/C(=C\c1ccnc(-c2cc(C)cc3c(C4CCCC4)c(C)oc23)c1C)CC(C)C. The van der Waals surface area contributed by atoms with E-state index in [1.807, 2.05) is 6.20 Å². The van der Waals surface area contributed by atoms with Crippen LogP contribution in [0.15, 0.2) is 34.4 Å². The van der Waals surface area contributed by atoms with Gasteiger partial charge in [-0.1, -0.05) is 38.3 Å². The van der Waals surface area contributed by atoms with Crippen LogP contribution in [0.5, 0.6) is 0 Å². The van der Waals surface area contributed by atoms with E-state index in [0.29, 0.717) is 11.8 Å². The highest BCUT2D eigenvalue weighted by atomic mass is 16.3. The Balaban J connectivity index is 1.86. The first kappa shape index (κ1) is 20.9. The lowest BCUT2D eigenvalue weighted by Crippen LogP contribution is -1.95. The number of hydrogen-bond acceptors (Lipinski definition) is 2. The van der Waals surface area contributed by atoms with Crippen molar-refractivity contribution in [3.05, 3.63) is 58.0 Å². The van der Waals surface area contributed by atoms with Crippen LogP contribution in [0.3, 0.4) is 0 Å². The number of fused-ring (bicyclic) bond motifs is 1.